The number of hydrogen-bond acceptors (Lipinski definition) is 4. The Morgan fingerprint density at radius 2 is 2.08 bits per heavy atom. The molecule has 6 heteroatoms. The monoisotopic (exact) mass is 399 g/mol. The molecule has 0 radical (unpaired) electrons. The topological polar surface area (TPSA) is 67.5 Å². The Labute approximate surface area is 153 Å². The molecule has 0 spiro atoms. The summed E-state index contributed by atoms with van der Waals surface area (Å²) >= 11 is 3.41. The van der Waals surface area contributed by atoms with Crippen LogP contribution in [0, 0.1) is 6.92 Å². The number of aromatic hydroxyl groups is 1. The van der Waals surface area contributed by atoms with Crippen molar-refractivity contribution in [2.45, 2.75) is 26.7 Å². The molecule has 128 valence electrons. The fourth-order valence-corrected chi connectivity index (χ4v) is 3.24. The molecule has 0 bridgehead atoms. The van der Waals surface area contributed by atoms with E-state index in [4.69, 9.17) is 0 Å². The highest BCUT2D eigenvalue weighted by molar-refractivity contribution is 9.10. The van der Waals surface area contributed by atoms with E-state index in [0.717, 1.165) is 16.5 Å². The van der Waals surface area contributed by atoms with Gasteiger partial charge in [-0.3, -0.25) is 4.79 Å². The van der Waals surface area contributed by atoms with E-state index in [9.17, 15) is 9.90 Å². The molecule has 1 aromatic heterocycles. The highest BCUT2D eigenvalue weighted by Crippen LogP contribution is 2.25. The van der Waals surface area contributed by atoms with E-state index in [1.165, 1.54) is 10.9 Å². The molecule has 3 aromatic rings. The predicted octanol–water partition coefficient (Wildman–Crippen LogP) is 4.01. The van der Waals surface area contributed by atoms with Crippen molar-refractivity contribution >= 4 is 33.0 Å². The number of phenolic OH excluding ortho intramolecular Hbond substituents is 1. The van der Waals surface area contributed by atoms with Crippen LogP contribution < -0.4 is 5.56 Å². The molecule has 0 fully saturated rings. The van der Waals surface area contributed by atoms with E-state index in [1.54, 1.807) is 12.1 Å². The van der Waals surface area contributed by atoms with Gasteiger partial charge in [0.1, 0.15) is 11.6 Å². The van der Waals surface area contributed by atoms with Gasteiger partial charge in [-0.15, -0.1) is 0 Å². The molecule has 25 heavy (non-hydrogen) atoms. The van der Waals surface area contributed by atoms with Gasteiger partial charge in [0.05, 0.1) is 17.1 Å². The Balaban J connectivity index is 2.16. The zero-order valence-electron chi connectivity index (χ0n) is 14.0. The third-order valence-electron chi connectivity index (χ3n) is 3.90. The number of hydrogen-bond donors (Lipinski definition) is 1. The molecule has 3 rings (SSSR count). The lowest BCUT2D eigenvalue weighted by Gasteiger charge is -2.09. The van der Waals surface area contributed by atoms with Crippen LogP contribution in [0.4, 0.5) is 0 Å². The van der Waals surface area contributed by atoms with Crippen molar-refractivity contribution in [3.8, 4) is 5.75 Å². The van der Waals surface area contributed by atoms with Crippen molar-refractivity contribution in [1.29, 1.82) is 0 Å². The lowest BCUT2D eigenvalue weighted by atomic mass is 10.1. The summed E-state index contributed by atoms with van der Waals surface area (Å²) in [5.74, 6) is 0.749. The first-order chi connectivity index (χ1) is 12.0. The average Bonchev–Trinajstić information content (AvgIpc) is 2.59. The molecule has 0 unspecified atom stereocenters. The van der Waals surface area contributed by atoms with Crippen LogP contribution in [0.2, 0.25) is 0 Å². The Hall–Kier alpha value is -2.47. The Bertz CT molecular complexity index is 1030. The number of aromatic nitrogens is 2. The largest absolute Gasteiger partial charge is 0.507 e. The minimum atomic E-state index is -0.212. The van der Waals surface area contributed by atoms with E-state index in [-0.39, 0.29) is 11.3 Å². The average molecular weight is 400 g/mol. The number of para-hydroxylation sites is 1. The first kappa shape index (κ1) is 17.4. The van der Waals surface area contributed by atoms with Crippen LogP contribution in [0.25, 0.3) is 10.9 Å². The Morgan fingerprint density at radius 3 is 2.84 bits per heavy atom. The van der Waals surface area contributed by atoms with E-state index in [1.807, 2.05) is 38.1 Å². The molecule has 5 nitrogen and oxygen atoms in total. The van der Waals surface area contributed by atoms with E-state index in [2.05, 4.69) is 26.0 Å². The maximum absolute atomic E-state index is 12.8. The van der Waals surface area contributed by atoms with Crippen molar-refractivity contribution in [1.82, 2.24) is 9.66 Å². The minimum absolute atomic E-state index is 0.144. The van der Waals surface area contributed by atoms with Gasteiger partial charge in [0.2, 0.25) is 0 Å². The summed E-state index contributed by atoms with van der Waals surface area (Å²) in [4.78, 5) is 17.4. The maximum Gasteiger partial charge on any atom is 0.282 e. The SMILES string of the molecule is CCCc1nc2ccccc2c(=O)n1/N=C\c1cc(Br)cc(C)c1O. The van der Waals surface area contributed by atoms with Crippen LogP contribution in [-0.4, -0.2) is 21.0 Å². The number of benzene rings is 2. The molecule has 0 atom stereocenters. The Kier molecular flexibility index (Phi) is 4.99. The van der Waals surface area contributed by atoms with Gasteiger partial charge < -0.3 is 5.11 Å². The molecule has 0 amide bonds. The van der Waals surface area contributed by atoms with Crippen LogP contribution in [0.5, 0.6) is 5.75 Å². The van der Waals surface area contributed by atoms with Gasteiger partial charge in [0.15, 0.2) is 0 Å². The molecule has 0 aliphatic heterocycles. The third kappa shape index (κ3) is 3.49. The van der Waals surface area contributed by atoms with Crippen LogP contribution in [0.3, 0.4) is 0 Å². The van der Waals surface area contributed by atoms with Gasteiger partial charge in [0, 0.05) is 16.5 Å². The van der Waals surface area contributed by atoms with Crippen LogP contribution in [-0.2, 0) is 6.42 Å². The number of phenols is 1. The fourth-order valence-electron chi connectivity index (χ4n) is 2.65. The van der Waals surface area contributed by atoms with Crippen LogP contribution >= 0.6 is 15.9 Å². The summed E-state index contributed by atoms with van der Waals surface area (Å²) in [6, 6.07) is 10.8. The van der Waals surface area contributed by atoms with Crippen LogP contribution in [0.15, 0.2) is 50.8 Å². The first-order valence-corrected chi connectivity index (χ1v) is 8.84. The van der Waals surface area contributed by atoms with Gasteiger partial charge in [-0.1, -0.05) is 35.0 Å². The smallest absolute Gasteiger partial charge is 0.282 e. The van der Waals surface area contributed by atoms with Crippen molar-refractivity contribution < 1.29 is 5.11 Å². The zero-order valence-corrected chi connectivity index (χ0v) is 15.6. The molecule has 0 aliphatic carbocycles. The van der Waals surface area contributed by atoms with Crippen molar-refractivity contribution in [3.63, 3.8) is 0 Å². The first-order valence-electron chi connectivity index (χ1n) is 8.05. The summed E-state index contributed by atoms with van der Waals surface area (Å²) in [6.45, 7) is 3.84. The van der Waals surface area contributed by atoms with Gasteiger partial charge in [-0.05, 0) is 43.2 Å². The molecular weight excluding hydrogens is 382 g/mol. The van der Waals surface area contributed by atoms with Crippen LogP contribution in [0.1, 0.15) is 30.3 Å². The fraction of sp³-hybridized carbons (Fsp3) is 0.211. The second kappa shape index (κ2) is 7.19. The second-order valence-electron chi connectivity index (χ2n) is 5.82. The van der Waals surface area contributed by atoms with Gasteiger partial charge in [-0.25, -0.2) is 4.98 Å². The van der Waals surface area contributed by atoms with Crippen molar-refractivity contribution in [2.24, 2.45) is 5.10 Å². The number of nitrogens with zero attached hydrogens (tertiary/aromatic N) is 3. The second-order valence-corrected chi connectivity index (χ2v) is 6.73. The lowest BCUT2D eigenvalue weighted by molar-refractivity contribution is 0.470. The van der Waals surface area contributed by atoms with Gasteiger partial charge in [-0.2, -0.15) is 9.78 Å². The summed E-state index contributed by atoms with van der Waals surface area (Å²) in [7, 11) is 0. The third-order valence-corrected chi connectivity index (χ3v) is 4.36. The molecule has 0 aliphatic rings. The summed E-state index contributed by atoms with van der Waals surface area (Å²) in [5, 5.41) is 15.0. The highest BCUT2D eigenvalue weighted by atomic mass is 79.9. The molecular formula is C19H18BrN3O2. The normalized spacial score (nSPS) is 11.5. The number of fused-ring (bicyclic) bond motifs is 1. The summed E-state index contributed by atoms with van der Waals surface area (Å²) < 4.78 is 2.16. The molecule has 1 N–H and O–H groups in total. The van der Waals surface area contributed by atoms with Gasteiger partial charge >= 0.3 is 0 Å². The molecule has 0 saturated carbocycles. The quantitative estimate of drug-likeness (QED) is 0.673. The molecule has 2 aromatic carbocycles. The molecule has 0 saturated heterocycles. The van der Waals surface area contributed by atoms with E-state index in [0.29, 0.717) is 28.7 Å². The predicted molar refractivity (Wildman–Crippen MR) is 104 cm³/mol. The zero-order chi connectivity index (χ0) is 18.0. The summed E-state index contributed by atoms with van der Waals surface area (Å²) in [6.07, 6.45) is 2.98. The standard InChI is InChI=1S/C19H18BrN3O2/c1-3-6-17-22-16-8-5-4-7-15(16)19(25)23(17)21-11-13-10-14(20)9-12(2)18(13)24/h4-5,7-11,24H,3,6H2,1-2H3/b21-11-. The maximum atomic E-state index is 12.8. The van der Waals surface area contributed by atoms with Gasteiger partial charge in [0.25, 0.3) is 5.56 Å². The lowest BCUT2D eigenvalue weighted by Crippen LogP contribution is -2.22. The number of aryl methyl sites for hydroxylation is 2. The highest BCUT2D eigenvalue weighted by Gasteiger charge is 2.10. The number of halogens is 1. The molecule has 1 heterocycles. The number of rotatable bonds is 4. The van der Waals surface area contributed by atoms with Crippen molar-refractivity contribution in [2.75, 3.05) is 0 Å². The van der Waals surface area contributed by atoms with E-state index < -0.39 is 0 Å². The summed E-state index contributed by atoms with van der Waals surface area (Å²) in [5.41, 5.74) is 1.73. The van der Waals surface area contributed by atoms with Crippen molar-refractivity contribution in [3.05, 3.63) is 68.2 Å². The Morgan fingerprint density at radius 1 is 1.32 bits per heavy atom. The minimum Gasteiger partial charge on any atom is -0.507 e. The van der Waals surface area contributed by atoms with E-state index >= 15 is 0 Å².